The number of fused-ring (bicyclic) bond motifs is 1. The van der Waals surface area contributed by atoms with E-state index in [9.17, 15) is 14.4 Å². The Kier molecular flexibility index (Phi) is 4.51. The summed E-state index contributed by atoms with van der Waals surface area (Å²) in [6, 6.07) is 7.79. The van der Waals surface area contributed by atoms with Crippen LogP contribution >= 0.6 is 0 Å². The van der Waals surface area contributed by atoms with Crippen LogP contribution in [0.5, 0.6) is 0 Å². The molecule has 3 aromatic rings. The molecule has 0 unspecified atom stereocenters. The molecule has 0 aliphatic carbocycles. The van der Waals surface area contributed by atoms with Gasteiger partial charge >= 0.3 is 5.69 Å². The van der Waals surface area contributed by atoms with Gasteiger partial charge in [-0.15, -0.1) is 0 Å². The van der Waals surface area contributed by atoms with Crippen molar-refractivity contribution < 1.29 is 4.79 Å². The molecule has 130 valence electrons. The third-order valence-electron chi connectivity index (χ3n) is 4.12. The summed E-state index contributed by atoms with van der Waals surface area (Å²) in [6.07, 6.45) is 3.15. The fourth-order valence-electron chi connectivity index (χ4n) is 2.57. The third kappa shape index (κ3) is 3.52. The molecular weight excluding hydrogens is 322 g/mol. The fourth-order valence-corrected chi connectivity index (χ4v) is 2.57. The number of carbonyl (C=O) groups excluding carboxylic acids is 1. The van der Waals surface area contributed by atoms with Crippen LogP contribution in [0.1, 0.15) is 5.56 Å². The lowest BCUT2D eigenvalue weighted by atomic mass is 10.3. The Labute approximate surface area is 143 Å². The number of nitrogens with one attached hydrogen (secondary N) is 1. The van der Waals surface area contributed by atoms with Crippen molar-refractivity contribution >= 4 is 16.9 Å². The SMILES string of the molecule is Cc1cn(CC(=O)N(C)CCn2cnc3ccccc32)c(=O)[nH]c1=O. The van der Waals surface area contributed by atoms with Crippen LogP contribution in [0.15, 0.2) is 46.4 Å². The minimum Gasteiger partial charge on any atom is -0.342 e. The lowest BCUT2D eigenvalue weighted by Crippen LogP contribution is -2.38. The molecule has 1 amide bonds. The first kappa shape index (κ1) is 16.7. The molecule has 0 saturated heterocycles. The van der Waals surface area contributed by atoms with E-state index in [-0.39, 0.29) is 12.5 Å². The zero-order chi connectivity index (χ0) is 18.0. The lowest BCUT2D eigenvalue weighted by Gasteiger charge is -2.18. The van der Waals surface area contributed by atoms with E-state index in [1.807, 2.05) is 28.8 Å². The highest BCUT2D eigenvalue weighted by Gasteiger charge is 2.12. The highest BCUT2D eigenvalue weighted by atomic mass is 16.2. The Morgan fingerprint density at radius 2 is 2.00 bits per heavy atom. The van der Waals surface area contributed by atoms with Crippen molar-refractivity contribution in [3.05, 3.63) is 63.2 Å². The first-order chi connectivity index (χ1) is 12.0. The van der Waals surface area contributed by atoms with Crippen LogP contribution in [0.2, 0.25) is 0 Å². The molecule has 0 fully saturated rings. The Morgan fingerprint density at radius 3 is 2.80 bits per heavy atom. The van der Waals surface area contributed by atoms with Gasteiger partial charge in [-0.1, -0.05) is 12.1 Å². The molecule has 1 aromatic carbocycles. The first-order valence-corrected chi connectivity index (χ1v) is 7.90. The number of amides is 1. The number of aromatic nitrogens is 4. The van der Waals surface area contributed by atoms with Crippen molar-refractivity contribution in [3.63, 3.8) is 0 Å². The van der Waals surface area contributed by atoms with Crippen molar-refractivity contribution in [3.8, 4) is 0 Å². The number of nitrogens with zero attached hydrogens (tertiary/aromatic N) is 4. The summed E-state index contributed by atoms with van der Waals surface area (Å²) in [4.78, 5) is 43.5. The zero-order valence-corrected chi connectivity index (χ0v) is 14.1. The van der Waals surface area contributed by atoms with Gasteiger partial charge in [0.1, 0.15) is 6.54 Å². The smallest absolute Gasteiger partial charge is 0.328 e. The van der Waals surface area contributed by atoms with Crippen LogP contribution < -0.4 is 11.2 Å². The molecule has 25 heavy (non-hydrogen) atoms. The van der Waals surface area contributed by atoms with E-state index in [0.717, 1.165) is 11.0 Å². The van der Waals surface area contributed by atoms with Gasteiger partial charge in [-0.2, -0.15) is 0 Å². The maximum Gasteiger partial charge on any atom is 0.328 e. The normalized spacial score (nSPS) is 11.0. The number of imidazole rings is 1. The summed E-state index contributed by atoms with van der Waals surface area (Å²) < 4.78 is 3.19. The van der Waals surface area contributed by atoms with Gasteiger partial charge in [0.25, 0.3) is 5.56 Å². The van der Waals surface area contributed by atoms with Crippen LogP contribution in [0, 0.1) is 6.92 Å². The Hall–Kier alpha value is -3.16. The summed E-state index contributed by atoms with van der Waals surface area (Å²) in [5.74, 6) is -0.210. The molecule has 8 heteroatoms. The van der Waals surface area contributed by atoms with Gasteiger partial charge in [0, 0.05) is 31.9 Å². The number of likely N-dealkylation sites (N-methyl/N-ethyl adjacent to an activating group) is 1. The van der Waals surface area contributed by atoms with Crippen LogP contribution in [0.4, 0.5) is 0 Å². The maximum atomic E-state index is 12.3. The number of para-hydroxylation sites is 2. The van der Waals surface area contributed by atoms with Crippen molar-refractivity contribution in [2.45, 2.75) is 20.0 Å². The second kappa shape index (κ2) is 6.76. The molecule has 0 spiro atoms. The van der Waals surface area contributed by atoms with Crippen LogP contribution in [-0.4, -0.2) is 43.5 Å². The molecule has 0 aliphatic rings. The monoisotopic (exact) mass is 341 g/mol. The minimum absolute atomic E-state index is 0.113. The molecule has 3 rings (SSSR count). The van der Waals surface area contributed by atoms with E-state index in [1.54, 1.807) is 25.2 Å². The number of rotatable bonds is 5. The number of aromatic amines is 1. The molecule has 0 atom stereocenters. The van der Waals surface area contributed by atoms with Crippen LogP contribution in [-0.2, 0) is 17.9 Å². The highest BCUT2D eigenvalue weighted by molar-refractivity contribution is 5.76. The first-order valence-electron chi connectivity index (χ1n) is 7.90. The number of benzene rings is 1. The summed E-state index contributed by atoms with van der Waals surface area (Å²) in [6.45, 7) is 2.56. The van der Waals surface area contributed by atoms with Crippen molar-refractivity contribution in [2.75, 3.05) is 13.6 Å². The number of hydrogen-bond acceptors (Lipinski definition) is 4. The highest BCUT2D eigenvalue weighted by Crippen LogP contribution is 2.11. The van der Waals surface area contributed by atoms with E-state index in [2.05, 4.69) is 9.97 Å². The topological polar surface area (TPSA) is 93.0 Å². The van der Waals surface area contributed by atoms with Crippen molar-refractivity contribution in [2.24, 2.45) is 0 Å². The van der Waals surface area contributed by atoms with Crippen molar-refractivity contribution in [1.82, 2.24) is 24.0 Å². The molecule has 0 saturated carbocycles. The summed E-state index contributed by atoms with van der Waals surface area (Å²) in [7, 11) is 1.69. The van der Waals surface area contributed by atoms with E-state index in [1.165, 1.54) is 10.8 Å². The quantitative estimate of drug-likeness (QED) is 0.725. The second-order valence-electron chi connectivity index (χ2n) is 5.94. The van der Waals surface area contributed by atoms with Gasteiger partial charge in [-0.25, -0.2) is 9.78 Å². The Morgan fingerprint density at radius 1 is 1.24 bits per heavy atom. The average molecular weight is 341 g/mol. The van der Waals surface area contributed by atoms with Gasteiger partial charge in [0.2, 0.25) is 5.91 Å². The molecule has 8 nitrogen and oxygen atoms in total. The lowest BCUT2D eigenvalue weighted by molar-refractivity contribution is -0.130. The summed E-state index contributed by atoms with van der Waals surface area (Å²) >= 11 is 0. The predicted molar refractivity (Wildman–Crippen MR) is 93.4 cm³/mol. The molecule has 2 aromatic heterocycles. The van der Waals surface area contributed by atoms with Crippen LogP contribution in [0.3, 0.4) is 0 Å². The van der Waals surface area contributed by atoms with E-state index in [0.29, 0.717) is 18.7 Å². The molecule has 0 bridgehead atoms. The van der Waals surface area contributed by atoms with Gasteiger partial charge < -0.3 is 9.47 Å². The average Bonchev–Trinajstić information content (AvgIpc) is 3.00. The zero-order valence-electron chi connectivity index (χ0n) is 14.1. The van der Waals surface area contributed by atoms with Gasteiger partial charge in [0.15, 0.2) is 0 Å². The Balaban J connectivity index is 1.66. The molecule has 2 heterocycles. The van der Waals surface area contributed by atoms with Crippen molar-refractivity contribution in [1.29, 1.82) is 0 Å². The number of aryl methyl sites for hydroxylation is 1. The number of H-pyrrole nitrogens is 1. The fraction of sp³-hybridized carbons (Fsp3) is 0.294. The minimum atomic E-state index is -0.585. The largest absolute Gasteiger partial charge is 0.342 e. The van der Waals surface area contributed by atoms with Gasteiger partial charge in [-0.05, 0) is 19.1 Å². The summed E-state index contributed by atoms with van der Waals surface area (Å²) in [5.41, 5.74) is 1.29. The van der Waals surface area contributed by atoms with E-state index < -0.39 is 11.2 Å². The second-order valence-corrected chi connectivity index (χ2v) is 5.94. The third-order valence-corrected chi connectivity index (χ3v) is 4.12. The molecule has 0 radical (unpaired) electrons. The molecular formula is C17H19N5O3. The Bertz CT molecular complexity index is 1030. The van der Waals surface area contributed by atoms with Gasteiger partial charge in [0.05, 0.1) is 17.4 Å². The summed E-state index contributed by atoms with van der Waals surface area (Å²) in [5, 5.41) is 0. The molecule has 1 N–H and O–H groups in total. The van der Waals surface area contributed by atoms with E-state index >= 15 is 0 Å². The van der Waals surface area contributed by atoms with Crippen LogP contribution in [0.25, 0.3) is 11.0 Å². The number of hydrogen-bond donors (Lipinski definition) is 1. The number of carbonyl (C=O) groups is 1. The standard InChI is InChI=1S/C17H19N5O3/c1-12-9-22(17(25)19-16(12)24)10-15(23)20(2)7-8-21-11-18-13-5-3-4-6-14(13)21/h3-6,9,11H,7-8,10H2,1-2H3,(H,19,24,25). The predicted octanol–water partition coefficient (Wildman–Crippen LogP) is 0.353. The molecule has 0 aliphatic heterocycles. The van der Waals surface area contributed by atoms with Gasteiger partial charge in [-0.3, -0.25) is 19.1 Å². The maximum absolute atomic E-state index is 12.3. The van der Waals surface area contributed by atoms with E-state index in [4.69, 9.17) is 0 Å².